The first-order valence-corrected chi connectivity index (χ1v) is 7.43. The minimum absolute atomic E-state index is 0.353. The molecular formula is C18H23NO4. The van der Waals surface area contributed by atoms with Crippen LogP contribution < -0.4 is 5.32 Å². The first kappa shape index (κ1) is 18.6. The smallest absolute Gasteiger partial charge is 0.408 e. The maximum absolute atomic E-state index is 11.8. The van der Waals surface area contributed by atoms with Gasteiger partial charge in [-0.15, -0.1) is 0 Å². The number of benzene rings is 1. The molecule has 0 aliphatic carbocycles. The summed E-state index contributed by atoms with van der Waals surface area (Å²) in [7, 11) is 1.28. The summed E-state index contributed by atoms with van der Waals surface area (Å²) in [6, 6.07) is 8.77. The Labute approximate surface area is 137 Å². The number of rotatable bonds is 4. The van der Waals surface area contributed by atoms with E-state index in [0.29, 0.717) is 12.8 Å². The van der Waals surface area contributed by atoms with Crippen LogP contribution in [-0.4, -0.2) is 30.8 Å². The molecule has 0 bridgehead atoms. The van der Waals surface area contributed by atoms with E-state index in [9.17, 15) is 9.59 Å². The second kappa shape index (κ2) is 8.84. The normalized spacial score (nSPS) is 11.7. The predicted molar refractivity (Wildman–Crippen MR) is 87.7 cm³/mol. The lowest BCUT2D eigenvalue weighted by Gasteiger charge is -2.22. The maximum Gasteiger partial charge on any atom is 0.408 e. The van der Waals surface area contributed by atoms with Crippen LogP contribution in [0, 0.1) is 11.8 Å². The number of amides is 1. The van der Waals surface area contributed by atoms with Gasteiger partial charge >= 0.3 is 12.1 Å². The Hall–Kier alpha value is -2.48. The zero-order valence-corrected chi connectivity index (χ0v) is 14.0. The van der Waals surface area contributed by atoms with E-state index in [0.717, 1.165) is 5.56 Å². The molecule has 1 N–H and O–H groups in total. The third kappa shape index (κ3) is 7.91. The summed E-state index contributed by atoms with van der Waals surface area (Å²) < 4.78 is 9.85. The molecule has 0 heterocycles. The highest BCUT2D eigenvalue weighted by Gasteiger charge is 2.24. The van der Waals surface area contributed by atoms with Crippen molar-refractivity contribution < 1.29 is 19.1 Å². The van der Waals surface area contributed by atoms with Gasteiger partial charge in [0, 0.05) is 12.0 Å². The van der Waals surface area contributed by atoms with Gasteiger partial charge in [0.05, 0.1) is 7.11 Å². The molecular weight excluding hydrogens is 294 g/mol. The molecule has 1 amide bonds. The van der Waals surface area contributed by atoms with Crippen LogP contribution in [0.25, 0.3) is 0 Å². The molecule has 5 nitrogen and oxygen atoms in total. The van der Waals surface area contributed by atoms with E-state index in [1.54, 1.807) is 20.8 Å². The Bertz CT molecular complexity index is 579. The molecule has 0 radical (unpaired) electrons. The molecule has 23 heavy (non-hydrogen) atoms. The van der Waals surface area contributed by atoms with Gasteiger partial charge in [0.25, 0.3) is 0 Å². The van der Waals surface area contributed by atoms with Crippen LogP contribution in [0.2, 0.25) is 0 Å². The summed E-state index contributed by atoms with van der Waals surface area (Å²) in [5, 5.41) is 2.52. The van der Waals surface area contributed by atoms with Crippen molar-refractivity contribution in [2.75, 3.05) is 7.11 Å². The molecule has 0 aromatic heterocycles. The highest BCUT2D eigenvalue weighted by molar-refractivity contribution is 5.81. The molecule has 1 rings (SSSR count). The largest absolute Gasteiger partial charge is 0.467 e. The molecule has 0 aliphatic heterocycles. The standard InChI is InChI=1S/C18H23NO4/c1-18(2,3)23-17(21)19-15(16(20)22-4)13-9-8-12-14-10-6-5-7-11-14/h5-7,10-11,15H,9,13H2,1-4H3,(H,19,21)/t15-/m0/s1. The van der Waals surface area contributed by atoms with E-state index in [2.05, 4.69) is 17.2 Å². The van der Waals surface area contributed by atoms with Gasteiger partial charge in [0.1, 0.15) is 11.6 Å². The van der Waals surface area contributed by atoms with E-state index < -0.39 is 23.7 Å². The topological polar surface area (TPSA) is 64.6 Å². The number of ether oxygens (including phenoxy) is 2. The molecule has 0 unspecified atom stereocenters. The van der Waals surface area contributed by atoms with Crippen LogP contribution in [0.15, 0.2) is 30.3 Å². The first-order valence-electron chi connectivity index (χ1n) is 7.43. The fourth-order valence-electron chi connectivity index (χ4n) is 1.74. The zero-order valence-electron chi connectivity index (χ0n) is 14.0. The van der Waals surface area contributed by atoms with E-state index in [4.69, 9.17) is 9.47 Å². The van der Waals surface area contributed by atoms with Crippen LogP contribution in [0.3, 0.4) is 0 Å². The van der Waals surface area contributed by atoms with Crippen molar-refractivity contribution in [2.45, 2.75) is 45.3 Å². The fourth-order valence-corrected chi connectivity index (χ4v) is 1.74. The van der Waals surface area contributed by atoms with Crippen molar-refractivity contribution in [3.8, 4) is 11.8 Å². The van der Waals surface area contributed by atoms with Crippen molar-refractivity contribution in [3.63, 3.8) is 0 Å². The van der Waals surface area contributed by atoms with E-state index >= 15 is 0 Å². The number of carbonyl (C=O) groups is 2. The number of methoxy groups -OCH3 is 1. The minimum Gasteiger partial charge on any atom is -0.467 e. The first-order chi connectivity index (χ1) is 10.8. The number of hydrogen-bond donors (Lipinski definition) is 1. The van der Waals surface area contributed by atoms with Gasteiger partial charge in [0.15, 0.2) is 0 Å². The lowest BCUT2D eigenvalue weighted by Crippen LogP contribution is -2.43. The fraction of sp³-hybridized carbons (Fsp3) is 0.444. The molecule has 0 saturated carbocycles. The van der Waals surface area contributed by atoms with Gasteiger partial charge in [-0.3, -0.25) is 0 Å². The molecule has 0 saturated heterocycles. The van der Waals surface area contributed by atoms with Crippen LogP contribution in [0.4, 0.5) is 4.79 Å². The van der Waals surface area contributed by atoms with Crippen molar-refractivity contribution in [3.05, 3.63) is 35.9 Å². The van der Waals surface area contributed by atoms with Crippen molar-refractivity contribution >= 4 is 12.1 Å². The SMILES string of the molecule is COC(=O)[C@H](CCC#Cc1ccccc1)NC(=O)OC(C)(C)C. The zero-order chi connectivity index (χ0) is 17.3. The average molecular weight is 317 g/mol. The van der Waals surface area contributed by atoms with Gasteiger partial charge in [-0.05, 0) is 39.3 Å². The second-order valence-corrected chi connectivity index (χ2v) is 5.93. The van der Waals surface area contributed by atoms with Gasteiger partial charge in [-0.2, -0.15) is 0 Å². The maximum atomic E-state index is 11.8. The van der Waals surface area contributed by atoms with Crippen molar-refractivity contribution in [1.29, 1.82) is 0 Å². The van der Waals surface area contributed by atoms with Crippen LogP contribution in [0.5, 0.6) is 0 Å². The third-order valence-corrected chi connectivity index (χ3v) is 2.74. The molecule has 5 heteroatoms. The molecule has 0 aliphatic rings. The number of esters is 1. The lowest BCUT2D eigenvalue weighted by molar-refractivity contribution is -0.143. The van der Waals surface area contributed by atoms with Gasteiger partial charge in [0.2, 0.25) is 0 Å². The monoisotopic (exact) mass is 317 g/mol. The van der Waals surface area contributed by atoms with Gasteiger partial charge < -0.3 is 14.8 Å². The Kier molecular flexibility index (Phi) is 7.14. The molecule has 1 aromatic carbocycles. The summed E-state index contributed by atoms with van der Waals surface area (Å²) in [6.07, 6.45) is 0.153. The quantitative estimate of drug-likeness (QED) is 0.685. The number of alkyl carbamates (subject to hydrolysis) is 1. The van der Waals surface area contributed by atoms with Crippen LogP contribution in [-0.2, 0) is 14.3 Å². The number of hydrogen-bond acceptors (Lipinski definition) is 4. The third-order valence-electron chi connectivity index (χ3n) is 2.74. The van der Waals surface area contributed by atoms with Crippen LogP contribution in [0.1, 0.15) is 39.2 Å². The lowest BCUT2D eigenvalue weighted by atomic mass is 10.1. The Morgan fingerprint density at radius 2 is 1.87 bits per heavy atom. The summed E-state index contributed by atoms with van der Waals surface area (Å²) in [5.41, 5.74) is 0.278. The van der Waals surface area contributed by atoms with E-state index in [1.165, 1.54) is 7.11 Å². The highest BCUT2D eigenvalue weighted by Crippen LogP contribution is 2.08. The molecule has 1 aromatic rings. The Balaban J connectivity index is 2.57. The highest BCUT2D eigenvalue weighted by atomic mass is 16.6. The van der Waals surface area contributed by atoms with E-state index in [1.807, 2.05) is 30.3 Å². The molecule has 0 spiro atoms. The number of carbonyl (C=O) groups excluding carboxylic acids is 2. The Morgan fingerprint density at radius 3 is 2.43 bits per heavy atom. The summed E-state index contributed by atoms with van der Waals surface area (Å²) >= 11 is 0. The van der Waals surface area contributed by atoms with Crippen molar-refractivity contribution in [2.24, 2.45) is 0 Å². The predicted octanol–water partition coefficient (Wildman–Crippen LogP) is 2.88. The summed E-state index contributed by atoms with van der Waals surface area (Å²) in [6.45, 7) is 5.27. The Morgan fingerprint density at radius 1 is 1.22 bits per heavy atom. The van der Waals surface area contributed by atoms with Crippen molar-refractivity contribution in [1.82, 2.24) is 5.32 Å². The molecule has 1 atom stereocenters. The summed E-state index contributed by atoms with van der Waals surface area (Å²) in [5.74, 6) is 5.47. The number of nitrogens with one attached hydrogen (secondary N) is 1. The average Bonchev–Trinajstić information content (AvgIpc) is 2.48. The summed E-state index contributed by atoms with van der Waals surface area (Å²) in [4.78, 5) is 23.5. The molecule has 124 valence electrons. The van der Waals surface area contributed by atoms with Gasteiger partial charge in [-0.1, -0.05) is 30.0 Å². The minimum atomic E-state index is -0.778. The second-order valence-electron chi connectivity index (χ2n) is 5.93. The van der Waals surface area contributed by atoms with Gasteiger partial charge in [-0.25, -0.2) is 9.59 Å². The molecule has 0 fully saturated rings. The van der Waals surface area contributed by atoms with E-state index in [-0.39, 0.29) is 0 Å². The van der Waals surface area contributed by atoms with Crippen LogP contribution >= 0.6 is 0 Å².